The van der Waals surface area contributed by atoms with E-state index in [1.54, 1.807) is 32.2 Å². The lowest BCUT2D eigenvalue weighted by molar-refractivity contribution is -0.136. The Bertz CT molecular complexity index is 643. The van der Waals surface area contributed by atoms with E-state index in [0.29, 0.717) is 27.3 Å². The molecule has 0 spiro atoms. The molecule has 0 aliphatic carbocycles. The predicted molar refractivity (Wildman–Crippen MR) is 79.5 cm³/mol. The van der Waals surface area contributed by atoms with Crippen molar-refractivity contribution in [2.45, 2.75) is 13.3 Å². The van der Waals surface area contributed by atoms with Crippen molar-refractivity contribution in [3.8, 4) is 5.75 Å². The standard InChI is InChI=1S/C13H13ClN2O3S/c1-7-11(6-12(17)18)20-13(15-7)16-9-5-8(14)3-4-10(9)19-2/h3-5H,6H2,1-2H3,(H,15,16)(H,17,18). The quantitative estimate of drug-likeness (QED) is 0.884. The molecule has 0 bridgehead atoms. The minimum atomic E-state index is -0.872. The number of anilines is 2. The highest BCUT2D eigenvalue weighted by atomic mass is 35.5. The van der Waals surface area contributed by atoms with Crippen LogP contribution < -0.4 is 10.1 Å². The van der Waals surface area contributed by atoms with E-state index in [1.165, 1.54) is 11.3 Å². The van der Waals surface area contributed by atoms with Gasteiger partial charge in [-0.1, -0.05) is 11.6 Å². The molecule has 0 fully saturated rings. The number of ether oxygens (including phenoxy) is 1. The summed E-state index contributed by atoms with van der Waals surface area (Å²) in [6, 6.07) is 5.21. The summed E-state index contributed by atoms with van der Waals surface area (Å²) < 4.78 is 5.24. The number of hydrogen-bond acceptors (Lipinski definition) is 5. The van der Waals surface area contributed by atoms with E-state index in [1.807, 2.05) is 0 Å². The van der Waals surface area contributed by atoms with Crippen LogP contribution in [0, 0.1) is 6.92 Å². The number of carboxylic acids is 1. The molecule has 0 aliphatic heterocycles. The number of carboxylic acid groups (broad SMARTS) is 1. The molecule has 106 valence electrons. The van der Waals surface area contributed by atoms with Crippen molar-refractivity contribution in [1.29, 1.82) is 0 Å². The van der Waals surface area contributed by atoms with Crippen LogP contribution in [0.15, 0.2) is 18.2 Å². The first kappa shape index (κ1) is 14.6. The molecule has 1 aromatic heterocycles. The fraction of sp³-hybridized carbons (Fsp3) is 0.231. The maximum Gasteiger partial charge on any atom is 0.308 e. The fourth-order valence-corrected chi connectivity index (χ4v) is 2.81. The van der Waals surface area contributed by atoms with Crippen molar-refractivity contribution in [2.24, 2.45) is 0 Å². The molecule has 2 rings (SSSR count). The molecule has 0 saturated heterocycles. The Morgan fingerprint density at radius 3 is 2.95 bits per heavy atom. The van der Waals surface area contributed by atoms with Gasteiger partial charge in [-0.3, -0.25) is 4.79 Å². The monoisotopic (exact) mass is 312 g/mol. The van der Waals surface area contributed by atoms with E-state index >= 15 is 0 Å². The van der Waals surface area contributed by atoms with Gasteiger partial charge in [0.25, 0.3) is 0 Å². The largest absolute Gasteiger partial charge is 0.495 e. The number of halogens is 1. The Kier molecular flexibility index (Phi) is 4.46. The molecule has 0 aliphatic rings. The average Bonchev–Trinajstić information content (AvgIpc) is 2.69. The van der Waals surface area contributed by atoms with E-state index in [4.69, 9.17) is 21.4 Å². The topological polar surface area (TPSA) is 71.5 Å². The Labute approximate surface area is 125 Å². The number of aromatic nitrogens is 1. The van der Waals surface area contributed by atoms with Crippen molar-refractivity contribution in [1.82, 2.24) is 4.98 Å². The summed E-state index contributed by atoms with van der Waals surface area (Å²) in [5.41, 5.74) is 1.40. The second-order valence-electron chi connectivity index (χ2n) is 4.07. The van der Waals surface area contributed by atoms with E-state index in [0.717, 1.165) is 4.88 Å². The van der Waals surface area contributed by atoms with Crippen LogP contribution in [0.5, 0.6) is 5.75 Å². The molecule has 0 saturated carbocycles. The minimum absolute atomic E-state index is 0.0299. The Hall–Kier alpha value is -1.79. The first-order valence-corrected chi connectivity index (χ1v) is 6.97. The Morgan fingerprint density at radius 2 is 2.30 bits per heavy atom. The minimum Gasteiger partial charge on any atom is -0.495 e. The molecule has 1 aromatic carbocycles. The number of thiazole rings is 1. The summed E-state index contributed by atoms with van der Waals surface area (Å²) in [5, 5.41) is 13.1. The summed E-state index contributed by atoms with van der Waals surface area (Å²) in [6.07, 6.45) is -0.0299. The molecular weight excluding hydrogens is 300 g/mol. The lowest BCUT2D eigenvalue weighted by atomic mass is 10.3. The van der Waals surface area contributed by atoms with Gasteiger partial charge in [0.15, 0.2) is 5.13 Å². The number of aryl methyl sites for hydroxylation is 1. The summed E-state index contributed by atoms with van der Waals surface area (Å²) in [7, 11) is 1.57. The second kappa shape index (κ2) is 6.11. The number of rotatable bonds is 5. The summed E-state index contributed by atoms with van der Waals surface area (Å²) in [4.78, 5) is 15.8. The molecule has 0 amide bonds. The SMILES string of the molecule is COc1ccc(Cl)cc1Nc1nc(C)c(CC(=O)O)s1. The summed E-state index contributed by atoms with van der Waals surface area (Å²) >= 11 is 7.26. The normalized spacial score (nSPS) is 10.3. The number of methoxy groups -OCH3 is 1. The van der Waals surface area contributed by atoms with Gasteiger partial charge in [0.1, 0.15) is 5.75 Å². The smallest absolute Gasteiger partial charge is 0.308 e. The van der Waals surface area contributed by atoms with Crippen molar-refractivity contribution in [2.75, 3.05) is 12.4 Å². The van der Waals surface area contributed by atoms with Crippen molar-refractivity contribution < 1.29 is 14.6 Å². The van der Waals surface area contributed by atoms with E-state index in [-0.39, 0.29) is 6.42 Å². The zero-order valence-electron chi connectivity index (χ0n) is 10.9. The van der Waals surface area contributed by atoms with Crippen molar-refractivity contribution in [3.63, 3.8) is 0 Å². The Balaban J connectivity index is 2.26. The summed E-state index contributed by atoms with van der Waals surface area (Å²) in [6.45, 7) is 1.79. The van der Waals surface area contributed by atoms with Gasteiger partial charge in [0, 0.05) is 9.90 Å². The maximum absolute atomic E-state index is 10.8. The van der Waals surface area contributed by atoms with Crippen molar-refractivity contribution in [3.05, 3.63) is 33.8 Å². The predicted octanol–water partition coefficient (Wildman–Crippen LogP) is 3.48. The van der Waals surface area contributed by atoms with Gasteiger partial charge in [0.05, 0.1) is 24.9 Å². The van der Waals surface area contributed by atoms with Gasteiger partial charge >= 0.3 is 5.97 Å². The van der Waals surface area contributed by atoms with E-state index in [2.05, 4.69) is 10.3 Å². The fourth-order valence-electron chi connectivity index (χ4n) is 1.68. The maximum atomic E-state index is 10.8. The molecule has 0 atom stereocenters. The molecule has 5 nitrogen and oxygen atoms in total. The third kappa shape index (κ3) is 3.40. The third-order valence-corrected chi connectivity index (χ3v) is 3.92. The molecule has 20 heavy (non-hydrogen) atoms. The molecular formula is C13H13ClN2O3S. The summed E-state index contributed by atoms with van der Waals surface area (Å²) in [5.74, 6) is -0.231. The molecule has 7 heteroatoms. The lowest BCUT2D eigenvalue weighted by Crippen LogP contribution is -1.99. The number of aliphatic carboxylic acids is 1. The number of nitrogens with one attached hydrogen (secondary N) is 1. The van der Waals surface area contributed by atoms with Crippen LogP contribution in [0.4, 0.5) is 10.8 Å². The van der Waals surface area contributed by atoms with Crippen LogP contribution >= 0.6 is 22.9 Å². The van der Waals surface area contributed by atoms with Gasteiger partial charge in [-0.05, 0) is 25.1 Å². The van der Waals surface area contributed by atoms with Gasteiger partial charge < -0.3 is 15.2 Å². The molecule has 0 unspecified atom stereocenters. The van der Waals surface area contributed by atoms with E-state index < -0.39 is 5.97 Å². The zero-order chi connectivity index (χ0) is 14.7. The first-order valence-electron chi connectivity index (χ1n) is 5.78. The van der Waals surface area contributed by atoms with Gasteiger partial charge in [-0.2, -0.15) is 0 Å². The van der Waals surface area contributed by atoms with Crippen LogP contribution in [0.1, 0.15) is 10.6 Å². The van der Waals surface area contributed by atoms with Gasteiger partial charge in [-0.15, -0.1) is 11.3 Å². The molecule has 0 radical (unpaired) electrons. The van der Waals surface area contributed by atoms with Crippen LogP contribution in [-0.4, -0.2) is 23.2 Å². The highest BCUT2D eigenvalue weighted by Gasteiger charge is 2.12. The third-order valence-electron chi connectivity index (χ3n) is 2.61. The van der Waals surface area contributed by atoms with E-state index in [9.17, 15) is 4.79 Å². The molecule has 1 heterocycles. The molecule has 2 aromatic rings. The number of nitrogens with zero attached hydrogens (tertiary/aromatic N) is 1. The van der Waals surface area contributed by atoms with Crippen LogP contribution in [0.2, 0.25) is 5.02 Å². The highest BCUT2D eigenvalue weighted by Crippen LogP contribution is 2.33. The van der Waals surface area contributed by atoms with Gasteiger partial charge in [0.2, 0.25) is 0 Å². The van der Waals surface area contributed by atoms with Gasteiger partial charge in [-0.25, -0.2) is 4.98 Å². The first-order chi connectivity index (χ1) is 9.49. The van der Waals surface area contributed by atoms with Crippen LogP contribution in [0.3, 0.4) is 0 Å². The highest BCUT2D eigenvalue weighted by molar-refractivity contribution is 7.15. The molecule has 2 N–H and O–H groups in total. The zero-order valence-corrected chi connectivity index (χ0v) is 12.5. The lowest BCUT2D eigenvalue weighted by Gasteiger charge is -2.09. The van der Waals surface area contributed by atoms with Crippen molar-refractivity contribution >= 4 is 39.7 Å². The second-order valence-corrected chi connectivity index (χ2v) is 5.59. The van der Waals surface area contributed by atoms with Crippen LogP contribution in [-0.2, 0) is 11.2 Å². The number of hydrogen-bond donors (Lipinski definition) is 2. The number of benzene rings is 1. The van der Waals surface area contributed by atoms with Crippen LogP contribution in [0.25, 0.3) is 0 Å². The number of carbonyl (C=O) groups is 1. The average molecular weight is 313 g/mol. The Morgan fingerprint density at radius 1 is 1.55 bits per heavy atom.